The summed E-state index contributed by atoms with van der Waals surface area (Å²) < 4.78 is 12.9. The third-order valence-electron chi connectivity index (χ3n) is 4.47. The molecule has 2 bridgehead atoms. The number of hydrogen-bond donors (Lipinski definition) is 0. The maximum Gasteiger partial charge on any atom is 0.212 e. The van der Waals surface area contributed by atoms with Crippen molar-refractivity contribution in [1.29, 1.82) is 0 Å². The number of rotatable bonds is 1. The molecule has 2 saturated heterocycles. The quantitative estimate of drug-likeness (QED) is 0.712. The lowest BCUT2D eigenvalue weighted by molar-refractivity contribution is 0.127. The van der Waals surface area contributed by atoms with Crippen molar-refractivity contribution < 1.29 is 4.39 Å². The lowest BCUT2D eigenvalue weighted by atomic mass is 9.96. The molecule has 2 aliphatic heterocycles. The van der Waals surface area contributed by atoms with E-state index in [1.54, 1.807) is 6.20 Å². The molecule has 0 N–H and O–H groups in total. The lowest BCUT2D eigenvalue weighted by Crippen LogP contribution is -2.45. The van der Waals surface area contributed by atoms with E-state index >= 15 is 0 Å². The molecule has 3 rings (SSSR count). The minimum absolute atomic E-state index is 0.399. The van der Waals surface area contributed by atoms with Crippen LogP contribution in [0, 0.1) is 5.95 Å². The summed E-state index contributed by atoms with van der Waals surface area (Å²) >= 11 is 0. The summed E-state index contributed by atoms with van der Waals surface area (Å²) in [6.45, 7) is 2.10. The van der Waals surface area contributed by atoms with Crippen LogP contribution < -0.4 is 4.90 Å². The number of halogens is 1. The minimum atomic E-state index is -0.399. The Kier molecular flexibility index (Phi) is 3.20. The molecule has 2 aliphatic rings. The number of pyridine rings is 1. The largest absolute Gasteiger partial charge is 0.369 e. The van der Waals surface area contributed by atoms with Crippen LogP contribution in [0.4, 0.5) is 10.1 Å². The highest BCUT2D eigenvalue weighted by molar-refractivity contribution is 5.44. The molecule has 98 valence electrons. The monoisotopic (exact) mass is 249 g/mol. The van der Waals surface area contributed by atoms with Gasteiger partial charge in [0.05, 0.1) is 11.9 Å². The molecule has 3 heterocycles. The fourth-order valence-electron chi connectivity index (χ4n) is 3.30. The van der Waals surface area contributed by atoms with Gasteiger partial charge in [-0.1, -0.05) is 6.42 Å². The van der Waals surface area contributed by atoms with Crippen LogP contribution in [0.5, 0.6) is 0 Å². The number of nitrogens with zero attached hydrogens (tertiary/aromatic N) is 3. The van der Waals surface area contributed by atoms with Crippen LogP contribution in [0.25, 0.3) is 0 Å². The van der Waals surface area contributed by atoms with Crippen molar-refractivity contribution in [2.24, 2.45) is 0 Å². The first-order valence-corrected chi connectivity index (χ1v) is 6.82. The van der Waals surface area contributed by atoms with Gasteiger partial charge in [-0.3, -0.25) is 4.90 Å². The number of aromatic nitrogens is 1. The molecular formula is C14H20FN3. The maximum absolute atomic E-state index is 12.9. The summed E-state index contributed by atoms with van der Waals surface area (Å²) in [5.74, 6) is -0.399. The van der Waals surface area contributed by atoms with Crippen LogP contribution in [0.15, 0.2) is 18.3 Å². The highest BCUT2D eigenvalue weighted by Gasteiger charge is 2.32. The number of piperidine rings is 1. The number of fused-ring (bicyclic) bond motifs is 2. The highest BCUT2D eigenvalue weighted by Crippen LogP contribution is 2.29. The Morgan fingerprint density at radius 2 is 2.06 bits per heavy atom. The van der Waals surface area contributed by atoms with Gasteiger partial charge in [-0.25, -0.2) is 4.98 Å². The second kappa shape index (κ2) is 4.84. The molecule has 0 radical (unpaired) electrons. The normalized spacial score (nSPS) is 29.1. The summed E-state index contributed by atoms with van der Waals surface area (Å²) in [6.07, 6.45) is 6.80. The molecular weight excluding hydrogens is 229 g/mol. The van der Waals surface area contributed by atoms with Crippen LogP contribution in [0.3, 0.4) is 0 Å². The lowest BCUT2D eigenvalue weighted by Gasteiger charge is -2.37. The predicted molar refractivity (Wildman–Crippen MR) is 70.2 cm³/mol. The summed E-state index contributed by atoms with van der Waals surface area (Å²) in [4.78, 5) is 8.67. The molecule has 3 nitrogen and oxygen atoms in total. The van der Waals surface area contributed by atoms with E-state index in [4.69, 9.17) is 0 Å². The first-order valence-electron chi connectivity index (χ1n) is 6.82. The van der Waals surface area contributed by atoms with E-state index in [1.165, 1.54) is 31.7 Å². The van der Waals surface area contributed by atoms with Gasteiger partial charge in [0.2, 0.25) is 5.95 Å². The van der Waals surface area contributed by atoms with Gasteiger partial charge < -0.3 is 4.90 Å². The summed E-state index contributed by atoms with van der Waals surface area (Å²) in [5, 5.41) is 0. The molecule has 0 spiro atoms. The summed E-state index contributed by atoms with van der Waals surface area (Å²) in [7, 11) is 2.25. The van der Waals surface area contributed by atoms with Crippen molar-refractivity contribution in [3.8, 4) is 0 Å². The number of likely N-dealkylation sites (N-methyl/N-ethyl adjacent to an activating group) is 1. The van der Waals surface area contributed by atoms with E-state index in [1.807, 2.05) is 6.07 Å². The molecule has 18 heavy (non-hydrogen) atoms. The van der Waals surface area contributed by atoms with E-state index in [2.05, 4.69) is 21.8 Å². The van der Waals surface area contributed by atoms with E-state index in [9.17, 15) is 4.39 Å². The standard InChI is InChI=1S/C14H20FN3/c1-17-11-3-2-4-13(17)10-18(8-7-11)12-5-6-14(15)16-9-12/h5-6,9,11,13H,2-4,7-8,10H2,1H3. The maximum atomic E-state index is 12.9. The minimum Gasteiger partial charge on any atom is -0.369 e. The van der Waals surface area contributed by atoms with Gasteiger partial charge in [-0.05, 0) is 38.4 Å². The molecule has 0 amide bonds. The number of anilines is 1. The zero-order valence-corrected chi connectivity index (χ0v) is 10.8. The Morgan fingerprint density at radius 1 is 1.22 bits per heavy atom. The molecule has 4 heteroatoms. The van der Waals surface area contributed by atoms with Gasteiger partial charge in [0.15, 0.2) is 0 Å². The molecule has 2 fully saturated rings. The van der Waals surface area contributed by atoms with Crippen molar-refractivity contribution in [3.05, 3.63) is 24.3 Å². The summed E-state index contributed by atoms with van der Waals surface area (Å²) in [6, 6.07) is 4.66. The molecule has 2 unspecified atom stereocenters. The molecule has 1 aromatic heterocycles. The molecule has 0 aromatic carbocycles. The van der Waals surface area contributed by atoms with Gasteiger partial charge in [0.1, 0.15) is 0 Å². The van der Waals surface area contributed by atoms with E-state index < -0.39 is 5.95 Å². The Balaban J connectivity index is 1.79. The van der Waals surface area contributed by atoms with Gasteiger partial charge >= 0.3 is 0 Å². The van der Waals surface area contributed by atoms with Gasteiger partial charge in [0, 0.05) is 25.2 Å². The van der Waals surface area contributed by atoms with Crippen molar-refractivity contribution >= 4 is 5.69 Å². The van der Waals surface area contributed by atoms with Crippen molar-refractivity contribution in [3.63, 3.8) is 0 Å². The first kappa shape index (κ1) is 11.9. The van der Waals surface area contributed by atoms with Crippen LogP contribution in [-0.2, 0) is 0 Å². The van der Waals surface area contributed by atoms with Crippen molar-refractivity contribution in [2.75, 3.05) is 25.0 Å². The van der Waals surface area contributed by atoms with Gasteiger partial charge in [0.25, 0.3) is 0 Å². The van der Waals surface area contributed by atoms with Crippen LogP contribution in [0.2, 0.25) is 0 Å². The average Bonchev–Trinajstić information content (AvgIpc) is 2.48. The first-order chi connectivity index (χ1) is 8.74. The SMILES string of the molecule is CN1C2CCCC1CN(c1ccc(F)nc1)CC2. The van der Waals surface area contributed by atoms with Crippen LogP contribution >= 0.6 is 0 Å². The predicted octanol–water partition coefficient (Wildman–Crippen LogP) is 2.28. The Hall–Kier alpha value is -1.16. The van der Waals surface area contributed by atoms with Crippen LogP contribution in [-0.4, -0.2) is 42.1 Å². The van der Waals surface area contributed by atoms with Crippen molar-refractivity contribution in [2.45, 2.75) is 37.8 Å². The fourth-order valence-corrected chi connectivity index (χ4v) is 3.30. The molecule has 1 aromatic rings. The number of hydrogen-bond acceptors (Lipinski definition) is 3. The average molecular weight is 249 g/mol. The van der Waals surface area contributed by atoms with Crippen molar-refractivity contribution in [1.82, 2.24) is 9.88 Å². The van der Waals surface area contributed by atoms with E-state index in [-0.39, 0.29) is 0 Å². The summed E-state index contributed by atoms with van der Waals surface area (Å²) in [5.41, 5.74) is 1.05. The topological polar surface area (TPSA) is 19.4 Å². The molecule has 0 saturated carbocycles. The molecule has 2 atom stereocenters. The van der Waals surface area contributed by atoms with Crippen LogP contribution in [0.1, 0.15) is 25.7 Å². The second-order valence-corrected chi connectivity index (χ2v) is 5.48. The smallest absolute Gasteiger partial charge is 0.212 e. The third kappa shape index (κ3) is 2.21. The Labute approximate surface area is 108 Å². The highest BCUT2D eigenvalue weighted by atomic mass is 19.1. The molecule has 0 aliphatic carbocycles. The fraction of sp³-hybridized carbons (Fsp3) is 0.643. The van der Waals surface area contributed by atoms with Gasteiger partial charge in [-0.15, -0.1) is 0 Å². The zero-order chi connectivity index (χ0) is 12.5. The van der Waals surface area contributed by atoms with E-state index in [0.29, 0.717) is 6.04 Å². The Morgan fingerprint density at radius 3 is 2.83 bits per heavy atom. The third-order valence-corrected chi connectivity index (χ3v) is 4.47. The second-order valence-electron chi connectivity index (χ2n) is 5.48. The zero-order valence-electron chi connectivity index (χ0n) is 10.8. The Bertz CT molecular complexity index is 406. The van der Waals surface area contributed by atoms with Gasteiger partial charge in [-0.2, -0.15) is 4.39 Å². The van der Waals surface area contributed by atoms with E-state index in [0.717, 1.165) is 24.8 Å².